The molecule has 6 N–H and O–H groups in total. The average molecular weight is 487 g/mol. The summed E-state index contributed by atoms with van der Waals surface area (Å²) in [6.45, 7) is 0. The number of carboxylic acids is 2. The highest BCUT2D eigenvalue weighted by Gasteiger charge is 2.22. The lowest BCUT2D eigenvalue weighted by Gasteiger charge is -2.13. The van der Waals surface area contributed by atoms with Gasteiger partial charge >= 0.3 is 17.9 Å². The standard InChI is InChI=1S/C20H18O10.2H2S/c21-13-4-1-10(7-15(13)23)8-16(20(28)29)30-18(26)6-3-11-2-5-14(22)19(27)12(11)9-17(24)25;;/h1-7,16,21-23,27H,8-9H2,(H,24,25)(H,28,29);2*1H2/b6-3+;;/t16-;;/m1../s1. The van der Waals surface area contributed by atoms with Crippen molar-refractivity contribution in [2.24, 2.45) is 0 Å². The molecule has 174 valence electrons. The van der Waals surface area contributed by atoms with E-state index < -0.39 is 47.7 Å². The molecular formula is C20H22O10S2. The van der Waals surface area contributed by atoms with E-state index in [4.69, 9.17) is 9.84 Å². The molecule has 0 unspecified atom stereocenters. The number of carbonyl (C=O) groups excluding carboxylic acids is 1. The van der Waals surface area contributed by atoms with E-state index in [-0.39, 0.29) is 50.3 Å². The second-order valence-electron chi connectivity index (χ2n) is 6.20. The van der Waals surface area contributed by atoms with E-state index in [2.05, 4.69) is 0 Å². The van der Waals surface area contributed by atoms with Crippen molar-refractivity contribution < 1.29 is 49.8 Å². The van der Waals surface area contributed by atoms with Crippen LogP contribution in [0.25, 0.3) is 6.08 Å². The first-order valence-electron chi connectivity index (χ1n) is 8.46. The summed E-state index contributed by atoms with van der Waals surface area (Å²) in [5.74, 6) is -5.81. The van der Waals surface area contributed by atoms with Crippen LogP contribution in [0.1, 0.15) is 16.7 Å². The number of aromatic hydroxyl groups is 4. The topological polar surface area (TPSA) is 182 Å². The Hall–Kier alpha value is -3.51. The number of rotatable bonds is 8. The van der Waals surface area contributed by atoms with Gasteiger partial charge in [-0.3, -0.25) is 4.79 Å². The number of aliphatic carboxylic acids is 2. The summed E-state index contributed by atoms with van der Waals surface area (Å²) in [6.07, 6.45) is -0.547. The van der Waals surface area contributed by atoms with Crippen LogP contribution in [-0.4, -0.2) is 54.7 Å². The zero-order valence-electron chi connectivity index (χ0n) is 16.3. The largest absolute Gasteiger partial charge is 0.504 e. The van der Waals surface area contributed by atoms with Crippen molar-refractivity contribution >= 4 is 51.0 Å². The number of ether oxygens (including phenoxy) is 1. The van der Waals surface area contributed by atoms with Crippen LogP contribution in [0.3, 0.4) is 0 Å². The minimum absolute atomic E-state index is 0. The van der Waals surface area contributed by atoms with Crippen LogP contribution in [0.15, 0.2) is 36.4 Å². The minimum atomic E-state index is -1.60. The molecule has 0 aliphatic carbocycles. The Labute approximate surface area is 195 Å². The van der Waals surface area contributed by atoms with Gasteiger partial charge in [0.25, 0.3) is 0 Å². The molecule has 10 nitrogen and oxygen atoms in total. The van der Waals surface area contributed by atoms with Crippen molar-refractivity contribution in [2.75, 3.05) is 0 Å². The van der Waals surface area contributed by atoms with Gasteiger partial charge in [0.2, 0.25) is 6.10 Å². The molecule has 0 spiro atoms. The van der Waals surface area contributed by atoms with Gasteiger partial charge in [0.1, 0.15) is 0 Å². The third kappa shape index (κ3) is 7.63. The van der Waals surface area contributed by atoms with Crippen molar-refractivity contribution in [2.45, 2.75) is 18.9 Å². The molecule has 2 aromatic rings. The van der Waals surface area contributed by atoms with Gasteiger partial charge in [-0.05, 0) is 35.4 Å². The third-order valence-electron chi connectivity index (χ3n) is 4.02. The van der Waals surface area contributed by atoms with Crippen LogP contribution in [0.5, 0.6) is 23.0 Å². The summed E-state index contributed by atoms with van der Waals surface area (Å²) in [7, 11) is 0. The summed E-state index contributed by atoms with van der Waals surface area (Å²) in [4.78, 5) is 34.4. The number of carbonyl (C=O) groups is 3. The smallest absolute Gasteiger partial charge is 0.345 e. The van der Waals surface area contributed by atoms with Gasteiger partial charge in [-0.2, -0.15) is 27.0 Å². The second-order valence-corrected chi connectivity index (χ2v) is 6.20. The van der Waals surface area contributed by atoms with Crippen LogP contribution in [-0.2, 0) is 32.0 Å². The predicted octanol–water partition coefficient (Wildman–Crippen LogP) is 1.61. The van der Waals surface area contributed by atoms with Gasteiger partial charge in [0.05, 0.1) is 6.42 Å². The molecule has 0 fully saturated rings. The molecule has 2 aromatic carbocycles. The normalized spacial score (nSPS) is 11.1. The molecule has 0 bridgehead atoms. The maximum Gasteiger partial charge on any atom is 0.345 e. The molecule has 0 amide bonds. The zero-order chi connectivity index (χ0) is 22.4. The van der Waals surface area contributed by atoms with Crippen molar-refractivity contribution in [3.8, 4) is 23.0 Å². The Morgan fingerprint density at radius 2 is 1.53 bits per heavy atom. The Morgan fingerprint density at radius 1 is 0.906 bits per heavy atom. The lowest BCUT2D eigenvalue weighted by atomic mass is 10.0. The molecule has 2 rings (SSSR count). The number of benzene rings is 2. The van der Waals surface area contributed by atoms with E-state index in [9.17, 15) is 39.9 Å². The molecule has 0 aliphatic rings. The Morgan fingerprint density at radius 3 is 2.09 bits per heavy atom. The lowest BCUT2D eigenvalue weighted by molar-refractivity contribution is -0.160. The maximum atomic E-state index is 12.0. The van der Waals surface area contributed by atoms with Gasteiger partial charge in [-0.15, -0.1) is 0 Å². The highest BCUT2D eigenvalue weighted by atomic mass is 32.1. The van der Waals surface area contributed by atoms with E-state index in [0.29, 0.717) is 5.56 Å². The second kappa shape index (κ2) is 12.4. The number of carboxylic acid groups (broad SMARTS) is 2. The van der Waals surface area contributed by atoms with Crippen LogP contribution < -0.4 is 0 Å². The first-order valence-corrected chi connectivity index (χ1v) is 8.46. The Bertz CT molecular complexity index is 1020. The van der Waals surface area contributed by atoms with Crippen LogP contribution in [0.4, 0.5) is 0 Å². The van der Waals surface area contributed by atoms with E-state index in [0.717, 1.165) is 30.4 Å². The van der Waals surface area contributed by atoms with E-state index in [1.54, 1.807) is 0 Å². The first-order chi connectivity index (χ1) is 14.1. The van der Waals surface area contributed by atoms with Crippen molar-refractivity contribution in [1.82, 2.24) is 0 Å². The molecule has 1 atom stereocenters. The Balaban J connectivity index is 0.00000480. The first kappa shape index (κ1) is 28.5. The summed E-state index contributed by atoms with van der Waals surface area (Å²) in [5, 5.41) is 56.3. The van der Waals surface area contributed by atoms with Crippen LogP contribution in [0.2, 0.25) is 0 Å². The zero-order valence-corrected chi connectivity index (χ0v) is 18.3. The highest BCUT2D eigenvalue weighted by molar-refractivity contribution is 7.59. The SMILES string of the molecule is O=C(O)Cc1c(/C=C/C(=O)O[C@H](Cc2ccc(O)c(O)c2)C(=O)O)ccc(O)c1O.S.S. The van der Waals surface area contributed by atoms with E-state index in [1.807, 2.05) is 0 Å². The highest BCUT2D eigenvalue weighted by Crippen LogP contribution is 2.32. The minimum Gasteiger partial charge on any atom is -0.504 e. The molecule has 0 aliphatic heterocycles. The van der Waals surface area contributed by atoms with Gasteiger partial charge in [0, 0.05) is 18.1 Å². The number of phenols is 4. The van der Waals surface area contributed by atoms with E-state index >= 15 is 0 Å². The molecular weight excluding hydrogens is 464 g/mol. The molecule has 0 saturated heterocycles. The summed E-state index contributed by atoms with van der Waals surface area (Å²) in [6, 6.07) is 6.01. The molecule has 12 heteroatoms. The maximum absolute atomic E-state index is 12.0. The lowest BCUT2D eigenvalue weighted by Crippen LogP contribution is -2.28. The molecule has 0 heterocycles. The molecule has 0 radical (unpaired) electrons. The quantitative estimate of drug-likeness (QED) is 0.182. The molecule has 0 saturated carbocycles. The third-order valence-corrected chi connectivity index (χ3v) is 4.02. The monoisotopic (exact) mass is 486 g/mol. The fraction of sp³-hybridized carbons (Fsp3) is 0.150. The average Bonchev–Trinajstić information content (AvgIpc) is 2.66. The number of hydrogen-bond acceptors (Lipinski definition) is 8. The molecule has 32 heavy (non-hydrogen) atoms. The fourth-order valence-electron chi connectivity index (χ4n) is 2.56. The summed E-state index contributed by atoms with van der Waals surface area (Å²) >= 11 is 0. The van der Waals surface area contributed by atoms with Crippen LogP contribution >= 0.6 is 27.0 Å². The van der Waals surface area contributed by atoms with E-state index in [1.165, 1.54) is 12.1 Å². The van der Waals surface area contributed by atoms with Gasteiger partial charge in [-0.1, -0.05) is 12.1 Å². The predicted molar refractivity (Wildman–Crippen MR) is 122 cm³/mol. The van der Waals surface area contributed by atoms with Crippen molar-refractivity contribution in [1.29, 1.82) is 0 Å². The number of hydrogen-bond donors (Lipinski definition) is 6. The Kier molecular flexibility index (Phi) is 11.0. The fourth-order valence-corrected chi connectivity index (χ4v) is 2.56. The van der Waals surface area contributed by atoms with Gasteiger partial charge in [0.15, 0.2) is 23.0 Å². The van der Waals surface area contributed by atoms with Gasteiger partial charge in [-0.25, -0.2) is 9.59 Å². The van der Waals surface area contributed by atoms with Crippen LogP contribution in [0, 0.1) is 0 Å². The van der Waals surface area contributed by atoms with Crippen molar-refractivity contribution in [3.05, 3.63) is 53.1 Å². The van der Waals surface area contributed by atoms with Gasteiger partial charge < -0.3 is 35.4 Å². The number of phenolic OH excluding ortho intramolecular Hbond substituents is 4. The summed E-state index contributed by atoms with van der Waals surface area (Å²) in [5.41, 5.74) is 0.266. The number of esters is 1. The molecule has 0 aromatic heterocycles. The van der Waals surface area contributed by atoms with Crippen molar-refractivity contribution in [3.63, 3.8) is 0 Å². The summed E-state index contributed by atoms with van der Waals surface area (Å²) < 4.78 is 4.89.